The van der Waals surface area contributed by atoms with Crippen LogP contribution in [0.25, 0.3) is 11.3 Å². The molecule has 1 aliphatic rings. The number of nitrogens with one attached hydrogen (secondary N) is 1. The molecule has 0 radical (unpaired) electrons. The average Bonchev–Trinajstić information content (AvgIpc) is 3.33. The van der Waals surface area contributed by atoms with Gasteiger partial charge in [0, 0.05) is 17.2 Å². The molecular weight excluding hydrogens is 479 g/mol. The fourth-order valence-electron chi connectivity index (χ4n) is 3.86. The number of pyridine rings is 1. The van der Waals surface area contributed by atoms with Gasteiger partial charge in [0.1, 0.15) is 23.4 Å². The van der Waals surface area contributed by atoms with Crippen LogP contribution in [0.4, 0.5) is 4.39 Å². The number of aromatic nitrogens is 1. The molecular formula is C23H24BrFN4OS. The summed E-state index contributed by atoms with van der Waals surface area (Å²) >= 11 is 8.98. The quantitative estimate of drug-likeness (QED) is 0.449. The standard InChI is InChI=1S/C23H24BrFN4OS/c1-28(2)12-5-13-29-22(21(27-23(29)31)18-6-3-4-11-26-18)20-10-9-19(30-20)16-8-7-15(24)14-17(16)25/h3-4,6-11,14,21-22H,5,12-13H2,1-2H3,(H,27,31)/t21-,22-/m1/s1. The van der Waals surface area contributed by atoms with Crippen molar-refractivity contribution in [3.63, 3.8) is 0 Å². The summed E-state index contributed by atoms with van der Waals surface area (Å²) in [6, 6.07) is 14.2. The van der Waals surface area contributed by atoms with Crippen molar-refractivity contribution in [2.24, 2.45) is 0 Å². The molecule has 4 rings (SSSR count). The monoisotopic (exact) mass is 502 g/mol. The van der Waals surface area contributed by atoms with Crippen LogP contribution < -0.4 is 5.32 Å². The minimum Gasteiger partial charge on any atom is -0.459 e. The molecule has 0 amide bonds. The van der Waals surface area contributed by atoms with Crippen LogP contribution in [0.2, 0.25) is 0 Å². The van der Waals surface area contributed by atoms with E-state index in [1.165, 1.54) is 6.07 Å². The van der Waals surface area contributed by atoms with E-state index in [1.54, 1.807) is 18.3 Å². The van der Waals surface area contributed by atoms with Gasteiger partial charge in [0.25, 0.3) is 0 Å². The van der Waals surface area contributed by atoms with Gasteiger partial charge in [-0.15, -0.1) is 0 Å². The lowest BCUT2D eigenvalue weighted by molar-refractivity contribution is 0.261. The second-order valence-electron chi connectivity index (χ2n) is 7.80. The Labute approximate surface area is 195 Å². The van der Waals surface area contributed by atoms with Crippen molar-refractivity contribution in [3.8, 4) is 11.3 Å². The molecule has 162 valence electrons. The van der Waals surface area contributed by atoms with E-state index in [9.17, 15) is 4.39 Å². The van der Waals surface area contributed by atoms with Crippen molar-refractivity contribution in [1.29, 1.82) is 0 Å². The van der Waals surface area contributed by atoms with E-state index >= 15 is 0 Å². The third-order valence-electron chi connectivity index (χ3n) is 5.32. The van der Waals surface area contributed by atoms with Gasteiger partial charge in [0.2, 0.25) is 0 Å². The SMILES string of the molecule is CN(C)CCCN1C(=S)N[C@H](c2ccccn2)[C@H]1c1ccc(-c2ccc(Br)cc2F)o1. The van der Waals surface area contributed by atoms with E-state index in [1.807, 2.05) is 30.3 Å². The second kappa shape index (κ2) is 9.46. The van der Waals surface area contributed by atoms with Gasteiger partial charge < -0.3 is 19.5 Å². The highest BCUT2D eigenvalue weighted by Gasteiger charge is 2.41. The summed E-state index contributed by atoms with van der Waals surface area (Å²) in [7, 11) is 4.11. The zero-order valence-corrected chi connectivity index (χ0v) is 19.8. The lowest BCUT2D eigenvalue weighted by atomic mass is 10.0. The van der Waals surface area contributed by atoms with E-state index in [0.29, 0.717) is 20.9 Å². The van der Waals surface area contributed by atoms with Crippen molar-refractivity contribution in [2.75, 3.05) is 27.2 Å². The molecule has 31 heavy (non-hydrogen) atoms. The summed E-state index contributed by atoms with van der Waals surface area (Å²) in [5.74, 6) is 0.885. The number of halogens is 2. The predicted molar refractivity (Wildman–Crippen MR) is 127 cm³/mol. The van der Waals surface area contributed by atoms with E-state index in [2.05, 4.69) is 50.1 Å². The highest BCUT2D eigenvalue weighted by molar-refractivity contribution is 9.10. The first-order chi connectivity index (χ1) is 14.9. The molecule has 5 nitrogen and oxygen atoms in total. The van der Waals surface area contributed by atoms with E-state index in [-0.39, 0.29) is 17.9 Å². The highest BCUT2D eigenvalue weighted by Crippen LogP contribution is 2.40. The fraction of sp³-hybridized carbons (Fsp3) is 0.304. The molecule has 2 atom stereocenters. The molecule has 8 heteroatoms. The van der Waals surface area contributed by atoms with Crippen molar-refractivity contribution in [3.05, 3.63) is 76.5 Å². The first-order valence-electron chi connectivity index (χ1n) is 10.1. The van der Waals surface area contributed by atoms with Crippen LogP contribution in [0.1, 0.15) is 30.0 Å². The van der Waals surface area contributed by atoms with Gasteiger partial charge in [0.05, 0.1) is 17.3 Å². The van der Waals surface area contributed by atoms with E-state index < -0.39 is 0 Å². The molecule has 3 aromatic rings. The van der Waals surface area contributed by atoms with Crippen molar-refractivity contribution in [1.82, 2.24) is 20.1 Å². The molecule has 1 N–H and O–H groups in total. The Kier molecular flexibility index (Phi) is 6.69. The summed E-state index contributed by atoms with van der Waals surface area (Å²) in [6.07, 6.45) is 2.73. The van der Waals surface area contributed by atoms with Crippen LogP contribution in [-0.2, 0) is 0 Å². The Bertz CT molecular complexity index is 1060. The largest absolute Gasteiger partial charge is 0.459 e. The maximum Gasteiger partial charge on any atom is 0.170 e. The molecule has 2 aromatic heterocycles. The van der Waals surface area contributed by atoms with E-state index in [0.717, 1.165) is 31.0 Å². The van der Waals surface area contributed by atoms with Crippen LogP contribution in [0.3, 0.4) is 0 Å². The Morgan fingerprint density at radius 2 is 2.06 bits per heavy atom. The van der Waals surface area contributed by atoms with Crippen LogP contribution in [-0.4, -0.2) is 47.1 Å². The third kappa shape index (κ3) is 4.81. The van der Waals surface area contributed by atoms with Gasteiger partial charge in [-0.05, 0) is 81.7 Å². The molecule has 0 saturated carbocycles. The molecule has 0 aliphatic carbocycles. The Morgan fingerprint density at radius 1 is 1.23 bits per heavy atom. The lowest BCUT2D eigenvalue weighted by Crippen LogP contribution is -2.32. The summed E-state index contributed by atoms with van der Waals surface area (Å²) < 4.78 is 21.4. The van der Waals surface area contributed by atoms with Gasteiger partial charge in [-0.2, -0.15) is 0 Å². The molecule has 1 saturated heterocycles. The van der Waals surface area contributed by atoms with Gasteiger partial charge >= 0.3 is 0 Å². The maximum absolute atomic E-state index is 14.5. The maximum atomic E-state index is 14.5. The van der Waals surface area contributed by atoms with Gasteiger partial charge in [0.15, 0.2) is 5.11 Å². The predicted octanol–water partition coefficient (Wildman–Crippen LogP) is 5.17. The number of hydrogen-bond acceptors (Lipinski definition) is 4. The first kappa shape index (κ1) is 21.9. The van der Waals surface area contributed by atoms with Crippen molar-refractivity contribution >= 4 is 33.3 Å². The fourth-order valence-corrected chi connectivity index (χ4v) is 4.52. The minimum atomic E-state index is -0.334. The number of nitrogens with zero attached hydrogens (tertiary/aromatic N) is 3. The van der Waals surface area contributed by atoms with E-state index in [4.69, 9.17) is 16.6 Å². The molecule has 1 aromatic carbocycles. The van der Waals surface area contributed by atoms with Crippen LogP contribution in [0.5, 0.6) is 0 Å². The zero-order chi connectivity index (χ0) is 22.0. The third-order valence-corrected chi connectivity index (χ3v) is 6.16. The lowest BCUT2D eigenvalue weighted by Gasteiger charge is -2.26. The highest BCUT2D eigenvalue weighted by atomic mass is 79.9. The topological polar surface area (TPSA) is 44.5 Å². The molecule has 0 bridgehead atoms. The summed E-state index contributed by atoms with van der Waals surface area (Å²) in [5.41, 5.74) is 1.31. The summed E-state index contributed by atoms with van der Waals surface area (Å²) in [5, 5.41) is 4.09. The Morgan fingerprint density at radius 3 is 2.77 bits per heavy atom. The van der Waals surface area contributed by atoms with Crippen LogP contribution in [0.15, 0.2) is 63.6 Å². The summed E-state index contributed by atoms with van der Waals surface area (Å²) in [6.45, 7) is 1.73. The number of thiocarbonyl (C=S) groups is 1. The Balaban J connectivity index is 1.68. The zero-order valence-electron chi connectivity index (χ0n) is 17.4. The second-order valence-corrected chi connectivity index (χ2v) is 9.11. The molecule has 1 aliphatic heterocycles. The van der Waals surface area contributed by atoms with Crippen LogP contribution >= 0.6 is 28.1 Å². The van der Waals surface area contributed by atoms with Crippen LogP contribution in [0, 0.1) is 5.82 Å². The smallest absolute Gasteiger partial charge is 0.170 e. The normalized spacial score (nSPS) is 18.6. The van der Waals surface area contributed by atoms with Gasteiger partial charge in [-0.1, -0.05) is 22.0 Å². The Hall–Kier alpha value is -2.29. The minimum absolute atomic E-state index is 0.151. The molecule has 0 unspecified atom stereocenters. The molecule has 0 spiro atoms. The molecule has 3 heterocycles. The number of hydrogen-bond donors (Lipinski definition) is 1. The summed E-state index contributed by atoms with van der Waals surface area (Å²) in [4.78, 5) is 8.84. The average molecular weight is 503 g/mol. The van der Waals surface area contributed by atoms with Crippen molar-refractivity contribution in [2.45, 2.75) is 18.5 Å². The van der Waals surface area contributed by atoms with Gasteiger partial charge in [-0.25, -0.2) is 4.39 Å². The van der Waals surface area contributed by atoms with Crippen molar-refractivity contribution < 1.29 is 8.81 Å². The number of benzene rings is 1. The van der Waals surface area contributed by atoms with Gasteiger partial charge in [-0.3, -0.25) is 4.98 Å². The number of rotatable bonds is 7. The number of furan rings is 1. The molecule has 1 fully saturated rings. The first-order valence-corrected chi connectivity index (χ1v) is 11.3.